The van der Waals surface area contributed by atoms with E-state index in [0.29, 0.717) is 16.2 Å². The lowest BCUT2D eigenvalue weighted by Crippen LogP contribution is -2.29. The van der Waals surface area contributed by atoms with E-state index >= 15 is 0 Å². The minimum atomic E-state index is -0.169. The number of hydrogen-bond acceptors (Lipinski definition) is 3. The molecule has 1 aromatic rings. The van der Waals surface area contributed by atoms with Crippen LogP contribution in [0.3, 0.4) is 0 Å². The Labute approximate surface area is 113 Å². The van der Waals surface area contributed by atoms with Gasteiger partial charge in [0.05, 0.1) is 16.1 Å². The monoisotopic (exact) mass is 315 g/mol. The van der Waals surface area contributed by atoms with E-state index in [-0.39, 0.29) is 17.6 Å². The minimum Gasteiger partial charge on any atom is -0.353 e. The third kappa shape index (κ3) is 3.16. The van der Waals surface area contributed by atoms with Gasteiger partial charge in [0.2, 0.25) is 5.91 Å². The second-order valence-electron chi connectivity index (χ2n) is 4.26. The summed E-state index contributed by atoms with van der Waals surface area (Å²) in [6.45, 7) is 1.88. The molecule has 1 unspecified atom stereocenters. The molecule has 0 radical (unpaired) electrons. The Morgan fingerprint density at radius 2 is 2.24 bits per heavy atom. The standard InChI is InChI=1S/C12H14BrNO2S/c1-7(12(16)14-8-2-3-8)10-4-5-11(17-10)9(15)6-13/h4-5,7-8H,2-3,6H2,1H3,(H,14,16). The van der Waals surface area contributed by atoms with E-state index in [4.69, 9.17) is 0 Å². The summed E-state index contributed by atoms with van der Waals surface area (Å²) in [5, 5.41) is 3.31. The minimum absolute atomic E-state index is 0.0622. The fourth-order valence-corrected chi connectivity index (χ4v) is 2.97. The molecule has 17 heavy (non-hydrogen) atoms. The Kier molecular flexibility index (Phi) is 3.99. The Hall–Kier alpha value is -0.680. The largest absolute Gasteiger partial charge is 0.353 e. The summed E-state index contributed by atoms with van der Waals surface area (Å²) in [7, 11) is 0. The van der Waals surface area contributed by atoms with E-state index in [1.807, 2.05) is 13.0 Å². The van der Waals surface area contributed by atoms with Crippen molar-refractivity contribution in [2.45, 2.75) is 31.7 Å². The first-order valence-electron chi connectivity index (χ1n) is 5.61. The van der Waals surface area contributed by atoms with Gasteiger partial charge in [0.25, 0.3) is 0 Å². The maximum absolute atomic E-state index is 11.8. The molecule has 2 rings (SSSR count). The molecular weight excluding hydrogens is 302 g/mol. The molecule has 1 fully saturated rings. The highest BCUT2D eigenvalue weighted by molar-refractivity contribution is 9.09. The first-order valence-corrected chi connectivity index (χ1v) is 7.55. The summed E-state index contributed by atoms with van der Waals surface area (Å²) in [5.41, 5.74) is 0. The topological polar surface area (TPSA) is 46.2 Å². The average Bonchev–Trinajstić information content (AvgIpc) is 3.00. The number of halogens is 1. The first-order chi connectivity index (χ1) is 8.11. The highest BCUT2D eigenvalue weighted by Crippen LogP contribution is 2.27. The van der Waals surface area contributed by atoms with Crippen LogP contribution in [0.4, 0.5) is 0 Å². The SMILES string of the molecule is CC(C(=O)NC1CC1)c1ccc(C(=O)CBr)s1. The molecule has 5 heteroatoms. The molecule has 1 aliphatic carbocycles. The van der Waals surface area contributed by atoms with Crippen LogP contribution in [-0.4, -0.2) is 23.1 Å². The average molecular weight is 316 g/mol. The van der Waals surface area contributed by atoms with Crippen LogP contribution in [0.5, 0.6) is 0 Å². The zero-order valence-electron chi connectivity index (χ0n) is 9.53. The second-order valence-corrected chi connectivity index (χ2v) is 5.94. The number of alkyl halides is 1. The number of rotatable bonds is 5. The maximum Gasteiger partial charge on any atom is 0.228 e. The number of carbonyl (C=O) groups excluding carboxylic acids is 2. The van der Waals surface area contributed by atoms with E-state index < -0.39 is 0 Å². The summed E-state index contributed by atoms with van der Waals surface area (Å²) in [6.07, 6.45) is 2.19. The molecule has 1 heterocycles. The van der Waals surface area contributed by atoms with Crippen molar-refractivity contribution in [3.63, 3.8) is 0 Å². The second kappa shape index (κ2) is 5.31. The molecule has 1 aromatic heterocycles. The van der Waals surface area contributed by atoms with Crippen molar-refractivity contribution in [1.82, 2.24) is 5.32 Å². The molecule has 0 aromatic carbocycles. The van der Waals surface area contributed by atoms with Gasteiger partial charge >= 0.3 is 0 Å². The third-order valence-electron chi connectivity index (χ3n) is 2.77. The third-order valence-corrected chi connectivity index (χ3v) is 4.59. The lowest BCUT2D eigenvalue weighted by Gasteiger charge is -2.09. The molecule has 1 atom stereocenters. The molecule has 0 bridgehead atoms. The number of carbonyl (C=O) groups is 2. The van der Waals surface area contributed by atoms with Gasteiger partial charge in [-0.2, -0.15) is 0 Å². The van der Waals surface area contributed by atoms with Gasteiger partial charge in [-0.3, -0.25) is 9.59 Å². The Morgan fingerprint density at radius 1 is 1.53 bits per heavy atom. The van der Waals surface area contributed by atoms with Crippen LogP contribution in [-0.2, 0) is 4.79 Å². The van der Waals surface area contributed by atoms with Crippen LogP contribution in [0.1, 0.15) is 40.2 Å². The van der Waals surface area contributed by atoms with E-state index in [1.165, 1.54) is 11.3 Å². The molecule has 1 aliphatic rings. The van der Waals surface area contributed by atoms with Crippen LogP contribution in [0, 0.1) is 0 Å². The Morgan fingerprint density at radius 3 is 2.82 bits per heavy atom. The molecule has 1 N–H and O–H groups in total. The lowest BCUT2D eigenvalue weighted by molar-refractivity contribution is -0.122. The van der Waals surface area contributed by atoms with E-state index in [2.05, 4.69) is 21.2 Å². The van der Waals surface area contributed by atoms with Gasteiger partial charge in [0.15, 0.2) is 5.78 Å². The van der Waals surface area contributed by atoms with Gasteiger partial charge in [-0.15, -0.1) is 11.3 Å². The van der Waals surface area contributed by atoms with Gasteiger partial charge in [0, 0.05) is 10.9 Å². The summed E-state index contributed by atoms with van der Waals surface area (Å²) in [6, 6.07) is 4.05. The molecule has 0 saturated heterocycles. The maximum atomic E-state index is 11.8. The van der Waals surface area contributed by atoms with Crippen LogP contribution < -0.4 is 5.32 Å². The fourth-order valence-electron chi connectivity index (χ4n) is 1.48. The quantitative estimate of drug-likeness (QED) is 0.671. The normalized spacial score (nSPS) is 16.6. The number of thiophene rings is 1. The van der Waals surface area contributed by atoms with Crippen LogP contribution in [0.25, 0.3) is 0 Å². The van der Waals surface area contributed by atoms with Crippen molar-refractivity contribution in [2.75, 3.05) is 5.33 Å². The number of nitrogens with one attached hydrogen (secondary N) is 1. The summed E-state index contributed by atoms with van der Waals surface area (Å²) in [5.74, 6) is -0.0410. The molecule has 1 amide bonds. The Bertz CT molecular complexity index is 439. The Balaban J connectivity index is 2.02. The lowest BCUT2D eigenvalue weighted by atomic mass is 10.1. The van der Waals surface area contributed by atoms with Crippen molar-refractivity contribution < 1.29 is 9.59 Å². The summed E-state index contributed by atoms with van der Waals surface area (Å²) >= 11 is 4.55. The number of hydrogen-bond donors (Lipinski definition) is 1. The zero-order chi connectivity index (χ0) is 12.4. The van der Waals surface area contributed by atoms with Crippen molar-refractivity contribution in [3.05, 3.63) is 21.9 Å². The number of Topliss-reactive ketones (excluding diaryl/α,β-unsaturated/α-hetero) is 1. The van der Waals surface area contributed by atoms with Crippen LogP contribution in [0.15, 0.2) is 12.1 Å². The molecular formula is C12H14BrNO2S. The van der Waals surface area contributed by atoms with Crippen molar-refractivity contribution in [2.24, 2.45) is 0 Å². The predicted octanol–water partition coefficient (Wildman–Crippen LogP) is 2.71. The van der Waals surface area contributed by atoms with Gasteiger partial charge in [-0.1, -0.05) is 15.9 Å². The van der Waals surface area contributed by atoms with Gasteiger partial charge < -0.3 is 5.32 Å². The van der Waals surface area contributed by atoms with Crippen molar-refractivity contribution in [1.29, 1.82) is 0 Å². The van der Waals surface area contributed by atoms with E-state index in [0.717, 1.165) is 17.7 Å². The number of amides is 1. The predicted molar refractivity (Wildman–Crippen MR) is 72.0 cm³/mol. The molecule has 0 spiro atoms. The summed E-state index contributed by atoms with van der Waals surface area (Å²) < 4.78 is 0. The van der Waals surface area contributed by atoms with E-state index in [9.17, 15) is 9.59 Å². The van der Waals surface area contributed by atoms with Gasteiger partial charge in [-0.05, 0) is 31.9 Å². The number of ketones is 1. The molecule has 92 valence electrons. The smallest absolute Gasteiger partial charge is 0.228 e. The molecule has 3 nitrogen and oxygen atoms in total. The summed E-state index contributed by atoms with van der Waals surface area (Å²) in [4.78, 5) is 25.0. The molecule has 0 aliphatic heterocycles. The zero-order valence-corrected chi connectivity index (χ0v) is 11.9. The highest BCUT2D eigenvalue weighted by atomic mass is 79.9. The highest BCUT2D eigenvalue weighted by Gasteiger charge is 2.27. The molecule has 1 saturated carbocycles. The first kappa shape index (κ1) is 12.8. The van der Waals surface area contributed by atoms with Crippen LogP contribution in [0.2, 0.25) is 0 Å². The van der Waals surface area contributed by atoms with Crippen LogP contribution >= 0.6 is 27.3 Å². The van der Waals surface area contributed by atoms with Crippen molar-refractivity contribution in [3.8, 4) is 0 Å². The van der Waals surface area contributed by atoms with Gasteiger partial charge in [-0.25, -0.2) is 0 Å². The van der Waals surface area contributed by atoms with Crippen molar-refractivity contribution >= 4 is 39.0 Å². The van der Waals surface area contributed by atoms with E-state index in [1.54, 1.807) is 6.07 Å². The van der Waals surface area contributed by atoms with Gasteiger partial charge in [0.1, 0.15) is 0 Å². The fraction of sp³-hybridized carbons (Fsp3) is 0.500.